The van der Waals surface area contributed by atoms with Crippen molar-refractivity contribution in [3.05, 3.63) is 75.1 Å². The Labute approximate surface area is 190 Å². The quantitative estimate of drug-likeness (QED) is 0.323. The van der Waals surface area contributed by atoms with Crippen LogP contribution in [0.15, 0.2) is 47.6 Å². The Morgan fingerprint density at radius 3 is 2.73 bits per heavy atom. The zero-order chi connectivity index (χ0) is 23.5. The molecule has 0 bridgehead atoms. The first kappa shape index (κ1) is 21.9. The molecule has 0 atom stereocenters. The van der Waals surface area contributed by atoms with Crippen LogP contribution in [0.25, 0.3) is 5.69 Å². The number of non-ortho nitro benzene ring substituents is 1. The number of nitrogens with zero attached hydrogens (tertiary/aromatic N) is 3. The molecule has 3 aromatic rings. The van der Waals surface area contributed by atoms with Gasteiger partial charge >= 0.3 is 0 Å². The summed E-state index contributed by atoms with van der Waals surface area (Å²) in [5.74, 6) is 0.993. The molecule has 1 aromatic heterocycles. The number of hydrogen-bond acceptors (Lipinski definition) is 7. The first-order chi connectivity index (χ1) is 15.8. The third-order valence-electron chi connectivity index (χ3n) is 5.33. The molecular weight excluding hydrogens is 426 g/mol. The molecule has 1 aliphatic heterocycles. The number of fused-ring (bicyclic) bond motifs is 1. The van der Waals surface area contributed by atoms with E-state index < -0.39 is 4.92 Å². The van der Waals surface area contributed by atoms with Gasteiger partial charge in [-0.3, -0.25) is 14.9 Å². The fraction of sp³-hybridized carbons (Fsp3) is 0.217. The van der Waals surface area contributed by atoms with E-state index in [-0.39, 0.29) is 24.9 Å². The summed E-state index contributed by atoms with van der Waals surface area (Å²) in [4.78, 5) is 22.9. The second kappa shape index (κ2) is 9.03. The summed E-state index contributed by atoms with van der Waals surface area (Å²) >= 11 is 0. The summed E-state index contributed by atoms with van der Waals surface area (Å²) in [7, 11) is 0. The van der Waals surface area contributed by atoms with E-state index in [9.17, 15) is 14.9 Å². The van der Waals surface area contributed by atoms with Crippen LogP contribution in [-0.4, -0.2) is 34.9 Å². The highest BCUT2D eigenvalue weighted by Gasteiger charge is 2.16. The third-order valence-corrected chi connectivity index (χ3v) is 5.33. The summed E-state index contributed by atoms with van der Waals surface area (Å²) in [5.41, 5.74) is 7.45. The molecule has 1 aliphatic rings. The number of nitro benzene ring substituents is 1. The molecule has 1 amide bonds. The number of carbonyl (C=O) groups is 1. The van der Waals surface area contributed by atoms with Gasteiger partial charge in [0.1, 0.15) is 0 Å². The van der Waals surface area contributed by atoms with E-state index in [4.69, 9.17) is 9.47 Å². The average molecular weight is 449 g/mol. The van der Waals surface area contributed by atoms with E-state index in [0.29, 0.717) is 11.5 Å². The molecule has 0 unspecified atom stereocenters. The molecule has 2 aromatic carbocycles. The Bertz CT molecular complexity index is 1260. The molecule has 2 N–H and O–H groups in total. The van der Waals surface area contributed by atoms with Crippen LogP contribution in [0.4, 0.5) is 11.4 Å². The van der Waals surface area contributed by atoms with Crippen molar-refractivity contribution in [1.82, 2.24) is 9.99 Å². The lowest BCUT2D eigenvalue weighted by molar-refractivity contribution is -0.384. The number of hydrazone groups is 1. The predicted molar refractivity (Wildman–Crippen MR) is 123 cm³/mol. The summed E-state index contributed by atoms with van der Waals surface area (Å²) < 4.78 is 12.5. The van der Waals surface area contributed by atoms with Gasteiger partial charge in [-0.1, -0.05) is 6.07 Å². The summed E-state index contributed by atoms with van der Waals surface area (Å²) in [5, 5.41) is 18.3. The number of anilines is 1. The number of nitrogens with one attached hydrogen (secondary N) is 2. The smallest absolute Gasteiger partial charge is 0.271 e. The van der Waals surface area contributed by atoms with E-state index in [1.165, 1.54) is 6.07 Å². The lowest BCUT2D eigenvalue weighted by Crippen LogP contribution is -2.25. The number of rotatable bonds is 7. The molecule has 0 saturated carbocycles. The number of benzene rings is 2. The van der Waals surface area contributed by atoms with Crippen LogP contribution >= 0.6 is 0 Å². The van der Waals surface area contributed by atoms with Crippen molar-refractivity contribution >= 4 is 23.5 Å². The molecular formula is C23H23N5O5. The van der Waals surface area contributed by atoms with Gasteiger partial charge in [-0.05, 0) is 44.5 Å². The van der Waals surface area contributed by atoms with Crippen molar-refractivity contribution < 1.29 is 19.2 Å². The van der Waals surface area contributed by atoms with Gasteiger partial charge < -0.3 is 19.4 Å². The van der Waals surface area contributed by atoms with Gasteiger partial charge in [0.15, 0.2) is 11.5 Å². The Kier molecular flexibility index (Phi) is 5.99. The van der Waals surface area contributed by atoms with Gasteiger partial charge in [-0.25, -0.2) is 5.43 Å². The first-order valence-electron chi connectivity index (χ1n) is 10.2. The van der Waals surface area contributed by atoms with Gasteiger partial charge in [0.05, 0.1) is 23.4 Å². The van der Waals surface area contributed by atoms with Crippen molar-refractivity contribution in [1.29, 1.82) is 0 Å². The predicted octanol–water partition coefficient (Wildman–Crippen LogP) is 3.60. The minimum Gasteiger partial charge on any atom is -0.454 e. The Balaban J connectivity index is 1.41. The molecule has 0 saturated heterocycles. The molecule has 10 nitrogen and oxygen atoms in total. The standard InChI is InChI=1S/C23H23N5O5/c1-14-4-6-19(28(30)31)10-20(14)27-15(2)8-17(16(27)3)11-25-26-23(29)12-24-18-5-7-21-22(9-18)33-13-32-21/h4-11,24H,12-13H2,1-3H3,(H,26,29)/b25-11-. The number of aryl methyl sites for hydroxylation is 2. The van der Waals surface area contributed by atoms with Crippen molar-refractivity contribution in [3.63, 3.8) is 0 Å². The molecule has 4 rings (SSSR count). The van der Waals surface area contributed by atoms with Crippen LogP contribution in [0.5, 0.6) is 11.5 Å². The summed E-state index contributed by atoms with van der Waals surface area (Å²) in [6, 6.07) is 12.0. The molecule has 0 radical (unpaired) electrons. The van der Waals surface area contributed by atoms with Gasteiger partial charge in [0.2, 0.25) is 6.79 Å². The summed E-state index contributed by atoms with van der Waals surface area (Å²) in [6.07, 6.45) is 1.56. The maximum atomic E-state index is 12.2. The average Bonchev–Trinajstić information content (AvgIpc) is 3.36. The van der Waals surface area contributed by atoms with E-state index in [0.717, 1.165) is 33.9 Å². The molecule has 0 fully saturated rings. The minimum atomic E-state index is -0.410. The van der Waals surface area contributed by atoms with Gasteiger partial charge in [0.25, 0.3) is 11.6 Å². The van der Waals surface area contributed by atoms with Crippen LogP contribution in [0.2, 0.25) is 0 Å². The van der Waals surface area contributed by atoms with Crippen molar-refractivity contribution in [3.8, 4) is 17.2 Å². The van der Waals surface area contributed by atoms with Gasteiger partial charge in [-0.2, -0.15) is 5.10 Å². The van der Waals surface area contributed by atoms with E-state index in [2.05, 4.69) is 15.8 Å². The lowest BCUT2D eigenvalue weighted by Gasteiger charge is -2.12. The Morgan fingerprint density at radius 2 is 1.94 bits per heavy atom. The molecule has 0 spiro atoms. The van der Waals surface area contributed by atoms with Crippen molar-refractivity contribution in [2.24, 2.45) is 5.10 Å². The fourth-order valence-corrected chi connectivity index (χ4v) is 3.64. The van der Waals surface area contributed by atoms with E-state index in [1.807, 2.05) is 31.4 Å². The van der Waals surface area contributed by atoms with Crippen LogP contribution in [-0.2, 0) is 4.79 Å². The molecule has 170 valence electrons. The highest BCUT2D eigenvalue weighted by molar-refractivity contribution is 5.85. The maximum Gasteiger partial charge on any atom is 0.271 e. The fourth-order valence-electron chi connectivity index (χ4n) is 3.64. The number of nitro groups is 1. The van der Waals surface area contributed by atoms with Crippen molar-refractivity contribution in [2.75, 3.05) is 18.7 Å². The highest BCUT2D eigenvalue weighted by Crippen LogP contribution is 2.34. The van der Waals surface area contributed by atoms with Crippen LogP contribution < -0.4 is 20.2 Å². The SMILES string of the molecule is Cc1ccc([N+](=O)[O-])cc1-n1c(C)cc(/C=N\NC(=O)CNc2ccc3c(c2)OCO3)c1C. The zero-order valence-electron chi connectivity index (χ0n) is 18.4. The largest absolute Gasteiger partial charge is 0.454 e. The topological polar surface area (TPSA) is 120 Å². The Hall–Kier alpha value is -4.34. The van der Waals surface area contributed by atoms with E-state index >= 15 is 0 Å². The van der Waals surface area contributed by atoms with E-state index in [1.54, 1.807) is 36.5 Å². The van der Waals surface area contributed by atoms with Gasteiger partial charge in [-0.15, -0.1) is 0 Å². The van der Waals surface area contributed by atoms with Crippen LogP contribution in [0.1, 0.15) is 22.5 Å². The normalized spacial score (nSPS) is 12.2. The zero-order valence-corrected chi connectivity index (χ0v) is 18.4. The number of amides is 1. The third kappa shape index (κ3) is 4.64. The molecule has 2 heterocycles. The van der Waals surface area contributed by atoms with Crippen LogP contribution in [0.3, 0.4) is 0 Å². The van der Waals surface area contributed by atoms with Gasteiger partial charge in [0, 0.05) is 40.8 Å². The lowest BCUT2D eigenvalue weighted by atomic mass is 10.1. The summed E-state index contributed by atoms with van der Waals surface area (Å²) in [6.45, 7) is 5.93. The maximum absolute atomic E-state index is 12.2. The number of hydrogen-bond donors (Lipinski definition) is 2. The molecule has 10 heteroatoms. The Morgan fingerprint density at radius 1 is 1.15 bits per heavy atom. The molecule has 0 aliphatic carbocycles. The minimum absolute atomic E-state index is 0.0283. The first-order valence-corrected chi connectivity index (χ1v) is 10.2. The van der Waals surface area contributed by atoms with Crippen molar-refractivity contribution in [2.45, 2.75) is 20.8 Å². The monoisotopic (exact) mass is 449 g/mol. The number of aromatic nitrogens is 1. The number of carbonyl (C=O) groups excluding carboxylic acids is 1. The highest BCUT2D eigenvalue weighted by atomic mass is 16.7. The second-order valence-corrected chi connectivity index (χ2v) is 7.60. The van der Waals surface area contributed by atoms with Crippen LogP contribution in [0, 0.1) is 30.9 Å². The molecule has 33 heavy (non-hydrogen) atoms. The second-order valence-electron chi connectivity index (χ2n) is 7.60. The number of ether oxygens (including phenoxy) is 2.